The largest absolute Gasteiger partial charge is 0.309 e. The SMILES string of the molecule is CC1(C)CN2CCC[C@H]2CN1. The Hall–Kier alpha value is -0.0800. The molecule has 0 aliphatic carbocycles. The highest BCUT2D eigenvalue weighted by atomic mass is 15.3. The van der Waals surface area contributed by atoms with Gasteiger partial charge in [0.1, 0.15) is 0 Å². The van der Waals surface area contributed by atoms with Gasteiger partial charge < -0.3 is 5.32 Å². The van der Waals surface area contributed by atoms with Crippen LogP contribution in [0.1, 0.15) is 26.7 Å². The molecule has 0 aromatic carbocycles. The summed E-state index contributed by atoms with van der Waals surface area (Å²) in [5.41, 5.74) is 0.348. The highest BCUT2D eigenvalue weighted by Crippen LogP contribution is 2.23. The van der Waals surface area contributed by atoms with Crippen molar-refractivity contribution >= 4 is 0 Å². The van der Waals surface area contributed by atoms with Crippen LogP contribution in [0.3, 0.4) is 0 Å². The van der Waals surface area contributed by atoms with Crippen LogP contribution >= 0.6 is 0 Å². The maximum Gasteiger partial charge on any atom is 0.0252 e. The van der Waals surface area contributed by atoms with Gasteiger partial charge in [-0.3, -0.25) is 4.90 Å². The van der Waals surface area contributed by atoms with E-state index in [4.69, 9.17) is 0 Å². The van der Waals surface area contributed by atoms with Crippen molar-refractivity contribution in [2.45, 2.75) is 38.3 Å². The van der Waals surface area contributed by atoms with Crippen molar-refractivity contribution in [3.8, 4) is 0 Å². The van der Waals surface area contributed by atoms with Crippen LogP contribution in [0.5, 0.6) is 0 Å². The third kappa shape index (κ3) is 1.42. The summed E-state index contributed by atoms with van der Waals surface area (Å²) in [6, 6.07) is 0.850. The van der Waals surface area contributed by atoms with Crippen molar-refractivity contribution in [3.05, 3.63) is 0 Å². The number of hydrogen-bond donors (Lipinski definition) is 1. The Bertz CT molecular complexity index is 154. The van der Waals surface area contributed by atoms with Crippen molar-refractivity contribution in [1.82, 2.24) is 10.2 Å². The topological polar surface area (TPSA) is 15.3 Å². The molecule has 1 N–H and O–H groups in total. The third-order valence-corrected chi connectivity index (χ3v) is 2.91. The van der Waals surface area contributed by atoms with Gasteiger partial charge in [0.2, 0.25) is 0 Å². The molecule has 64 valence electrons. The van der Waals surface area contributed by atoms with Crippen LogP contribution in [0, 0.1) is 0 Å². The fourth-order valence-electron chi connectivity index (χ4n) is 2.29. The predicted molar refractivity (Wildman–Crippen MR) is 46.7 cm³/mol. The average molecular weight is 154 g/mol. The molecule has 0 aromatic heterocycles. The van der Waals surface area contributed by atoms with Crippen molar-refractivity contribution in [1.29, 1.82) is 0 Å². The van der Waals surface area contributed by atoms with E-state index in [1.165, 1.54) is 32.5 Å². The fraction of sp³-hybridized carbons (Fsp3) is 1.00. The second-order valence-corrected chi connectivity index (χ2v) is 4.53. The zero-order chi connectivity index (χ0) is 7.90. The minimum atomic E-state index is 0.348. The number of piperazine rings is 1. The van der Waals surface area contributed by atoms with E-state index in [-0.39, 0.29) is 0 Å². The number of fused-ring (bicyclic) bond motifs is 1. The van der Waals surface area contributed by atoms with Crippen LogP contribution in [0.4, 0.5) is 0 Å². The Morgan fingerprint density at radius 3 is 3.09 bits per heavy atom. The second kappa shape index (κ2) is 2.46. The van der Waals surface area contributed by atoms with Crippen LogP contribution < -0.4 is 5.32 Å². The van der Waals surface area contributed by atoms with Crippen LogP contribution in [-0.2, 0) is 0 Å². The van der Waals surface area contributed by atoms with Gasteiger partial charge in [-0.05, 0) is 33.2 Å². The monoisotopic (exact) mass is 154 g/mol. The van der Waals surface area contributed by atoms with Gasteiger partial charge in [-0.1, -0.05) is 0 Å². The summed E-state index contributed by atoms with van der Waals surface area (Å²) in [4.78, 5) is 2.64. The molecule has 2 heteroatoms. The zero-order valence-electron chi connectivity index (χ0n) is 7.56. The normalized spacial score (nSPS) is 37.1. The molecule has 0 radical (unpaired) electrons. The van der Waals surface area contributed by atoms with Crippen LogP contribution in [0.25, 0.3) is 0 Å². The Labute approximate surface area is 69.0 Å². The highest BCUT2D eigenvalue weighted by molar-refractivity contribution is 4.94. The Kier molecular flexibility index (Phi) is 1.69. The summed E-state index contributed by atoms with van der Waals surface area (Å²) < 4.78 is 0. The predicted octanol–water partition coefficient (Wildman–Crippen LogP) is 0.833. The maximum absolute atomic E-state index is 3.59. The molecule has 2 saturated heterocycles. The first kappa shape index (κ1) is 7.56. The summed E-state index contributed by atoms with van der Waals surface area (Å²) in [6.45, 7) is 8.35. The van der Waals surface area contributed by atoms with E-state index < -0.39 is 0 Å². The molecule has 1 atom stereocenters. The lowest BCUT2D eigenvalue weighted by Gasteiger charge is -2.41. The van der Waals surface area contributed by atoms with Crippen LogP contribution in [0.15, 0.2) is 0 Å². The molecule has 0 unspecified atom stereocenters. The second-order valence-electron chi connectivity index (χ2n) is 4.53. The molecule has 0 aromatic rings. The van der Waals surface area contributed by atoms with E-state index in [0.29, 0.717) is 5.54 Å². The van der Waals surface area contributed by atoms with Gasteiger partial charge in [-0.15, -0.1) is 0 Å². The molecular weight excluding hydrogens is 136 g/mol. The quantitative estimate of drug-likeness (QED) is 0.556. The third-order valence-electron chi connectivity index (χ3n) is 2.91. The molecular formula is C9H18N2. The number of hydrogen-bond acceptors (Lipinski definition) is 2. The van der Waals surface area contributed by atoms with E-state index in [9.17, 15) is 0 Å². The van der Waals surface area contributed by atoms with Gasteiger partial charge in [0, 0.05) is 24.7 Å². The lowest BCUT2D eigenvalue weighted by Crippen LogP contribution is -2.59. The fourth-order valence-corrected chi connectivity index (χ4v) is 2.29. The molecule has 2 nitrogen and oxygen atoms in total. The molecule has 0 amide bonds. The molecule has 0 bridgehead atoms. The minimum Gasteiger partial charge on any atom is -0.309 e. The van der Waals surface area contributed by atoms with Gasteiger partial charge in [-0.2, -0.15) is 0 Å². The summed E-state index contributed by atoms with van der Waals surface area (Å²) in [5.74, 6) is 0. The molecule has 2 fully saturated rings. The van der Waals surface area contributed by atoms with E-state index in [0.717, 1.165) is 6.04 Å². The van der Waals surface area contributed by atoms with Gasteiger partial charge in [0.25, 0.3) is 0 Å². The molecule has 2 heterocycles. The van der Waals surface area contributed by atoms with Crippen LogP contribution in [0.2, 0.25) is 0 Å². The van der Waals surface area contributed by atoms with Crippen molar-refractivity contribution in [3.63, 3.8) is 0 Å². The van der Waals surface area contributed by atoms with Gasteiger partial charge in [0.05, 0.1) is 0 Å². The molecule has 2 aliphatic rings. The van der Waals surface area contributed by atoms with Crippen LogP contribution in [-0.4, -0.2) is 36.1 Å². The van der Waals surface area contributed by atoms with Crippen molar-refractivity contribution in [2.75, 3.05) is 19.6 Å². The lowest BCUT2D eigenvalue weighted by atomic mass is 10.00. The minimum absolute atomic E-state index is 0.348. The van der Waals surface area contributed by atoms with E-state index in [1.807, 2.05) is 0 Å². The highest BCUT2D eigenvalue weighted by Gasteiger charge is 2.34. The summed E-state index contributed by atoms with van der Waals surface area (Å²) in [7, 11) is 0. The van der Waals surface area contributed by atoms with Gasteiger partial charge in [0.15, 0.2) is 0 Å². The Morgan fingerprint density at radius 2 is 2.27 bits per heavy atom. The first-order valence-electron chi connectivity index (χ1n) is 4.66. The zero-order valence-corrected chi connectivity index (χ0v) is 7.56. The molecule has 2 aliphatic heterocycles. The van der Waals surface area contributed by atoms with E-state index in [1.54, 1.807) is 0 Å². The number of rotatable bonds is 0. The number of nitrogens with one attached hydrogen (secondary N) is 1. The lowest BCUT2D eigenvalue weighted by molar-refractivity contribution is 0.131. The Balaban J connectivity index is 2.02. The first-order valence-corrected chi connectivity index (χ1v) is 4.66. The summed E-state index contributed by atoms with van der Waals surface area (Å²) >= 11 is 0. The smallest absolute Gasteiger partial charge is 0.0252 e. The van der Waals surface area contributed by atoms with Gasteiger partial charge in [-0.25, -0.2) is 0 Å². The molecule has 0 spiro atoms. The summed E-state index contributed by atoms with van der Waals surface area (Å²) in [6.07, 6.45) is 2.81. The standard InChI is InChI=1S/C9H18N2/c1-9(2)7-11-5-3-4-8(11)6-10-9/h8,10H,3-7H2,1-2H3/t8-/m0/s1. The maximum atomic E-state index is 3.59. The average Bonchev–Trinajstić information content (AvgIpc) is 2.31. The molecule has 0 saturated carbocycles. The van der Waals surface area contributed by atoms with Gasteiger partial charge >= 0.3 is 0 Å². The Morgan fingerprint density at radius 1 is 1.45 bits per heavy atom. The van der Waals surface area contributed by atoms with E-state index in [2.05, 4.69) is 24.1 Å². The summed E-state index contributed by atoms with van der Waals surface area (Å²) in [5, 5.41) is 3.59. The van der Waals surface area contributed by atoms with Crippen molar-refractivity contribution < 1.29 is 0 Å². The van der Waals surface area contributed by atoms with Crippen molar-refractivity contribution in [2.24, 2.45) is 0 Å². The number of nitrogens with zero attached hydrogens (tertiary/aromatic N) is 1. The first-order chi connectivity index (χ1) is 5.17. The molecule has 11 heavy (non-hydrogen) atoms. The molecule has 2 rings (SSSR count). The van der Waals surface area contributed by atoms with E-state index >= 15 is 0 Å².